The molecule has 0 saturated heterocycles. The van der Waals surface area contributed by atoms with Crippen molar-refractivity contribution in [2.75, 3.05) is 5.32 Å². The van der Waals surface area contributed by atoms with E-state index in [1.54, 1.807) is 20.0 Å². The van der Waals surface area contributed by atoms with Crippen molar-refractivity contribution in [2.24, 2.45) is 21.1 Å². The Hall–Kier alpha value is -3.20. The van der Waals surface area contributed by atoms with Crippen molar-refractivity contribution < 1.29 is 4.79 Å². The first-order valence-electron chi connectivity index (χ1n) is 7.94. The molecule has 3 aromatic heterocycles. The van der Waals surface area contributed by atoms with Crippen LogP contribution in [0, 0.1) is 6.92 Å². The third-order valence-electron chi connectivity index (χ3n) is 4.16. The zero-order chi connectivity index (χ0) is 19.9. The number of nitrogens with zero attached hydrogens (tertiary/aromatic N) is 5. The summed E-state index contributed by atoms with van der Waals surface area (Å²) in [5, 5.41) is 7.46. The molecule has 27 heavy (non-hydrogen) atoms. The molecule has 0 fully saturated rings. The van der Waals surface area contributed by atoms with Gasteiger partial charge in [-0.25, -0.2) is 9.78 Å². The number of fused-ring (bicyclic) bond motifs is 1. The highest BCUT2D eigenvalue weighted by molar-refractivity contribution is 6.31. The van der Waals surface area contributed by atoms with Crippen molar-refractivity contribution in [1.29, 1.82) is 0 Å². The molecule has 0 radical (unpaired) electrons. The normalized spacial score (nSPS) is 11.4. The van der Waals surface area contributed by atoms with Gasteiger partial charge in [-0.2, -0.15) is 5.10 Å². The second-order valence-electron chi connectivity index (χ2n) is 6.04. The van der Waals surface area contributed by atoms with Crippen LogP contribution in [0.2, 0.25) is 5.15 Å². The van der Waals surface area contributed by atoms with Gasteiger partial charge in [0.05, 0.1) is 23.0 Å². The topological polar surface area (TPSA) is 104 Å². The van der Waals surface area contributed by atoms with Crippen LogP contribution in [0.25, 0.3) is 17.1 Å². The van der Waals surface area contributed by atoms with Crippen LogP contribution in [0.15, 0.2) is 27.9 Å². The minimum absolute atomic E-state index is 0.229. The molecule has 0 aromatic carbocycles. The molecule has 1 N–H and O–H groups in total. The molecule has 0 bridgehead atoms. The predicted octanol–water partition coefficient (Wildman–Crippen LogP) is 0.979. The van der Waals surface area contributed by atoms with Gasteiger partial charge < -0.3 is 5.32 Å². The van der Waals surface area contributed by atoms with E-state index in [0.717, 1.165) is 4.57 Å². The number of carbonyl (C=O) groups is 1. The summed E-state index contributed by atoms with van der Waals surface area (Å²) >= 11 is 6.13. The van der Waals surface area contributed by atoms with Crippen LogP contribution in [0.1, 0.15) is 11.3 Å². The van der Waals surface area contributed by atoms with E-state index in [9.17, 15) is 14.4 Å². The molecule has 3 aromatic rings. The van der Waals surface area contributed by atoms with E-state index in [-0.39, 0.29) is 11.0 Å². The van der Waals surface area contributed by atoms with Crippen LogP contribution in [0.4, 0.5) is 5.69 Å². The highest BCUT2D eigenvalue weighted by Gasteiger charge is 2.12. The Labute approximate surface area is 158 Å². The van der Waals surface area contributed by atoms with Crippen molar-refractivity contribution in [1.82, 2.24) is 23.9 Å². The van der Waals surface area contributed by atoms with Gasteiger partial charge in [-0.3, -0.25) is 23.4 Å². The number of halogens is 1. The fourth-order valence-corrected chi connectivity index (χ4v) is 2.95. The lowest BCUT2D eigenvalue weighted by Crippen LogP contribution is -2.37. The summed E-state index contributed by atoms with van der Waals surface area (Å²) in [5.74, 6) is -0.419. The number of nitrogens with one attached hydrogen (secondary N) is 1. The summed E-state index contributed by atoms with van der Waals surface area (Å²) in [7, 11) is 4.62. The lowest BCUT2D eigenvalue weighted by Gasteiger charge is -2.08. The average molecular weight is 389 g/mol. The summed E-state index contributed by atoms with van der Waals surface area (Å²) in [5.41, 5.74) is 0.975. The number of aromatic nitrogens is 5. The van der Waals surface area contributed by atoms with Crippen molar-refractivity contribution >= 4 is 40.3 Å². The second kappa shape index (κ2) is 6.84. The highest BCUT2D eigenvalue weighted by atomic mass is 35.5. The Kier molecular flexibility index (Phi) is 4.71. The zero-order valence-corrected chi connectivity index (χ0v) is 15.9. The van der Waals surface area contributed by atoms with Crippen molar-refractivity contribution in [3.05, 3.63) is 55.6 Å². The lowest BCUT2D eigenvalue weighted by atomic mass is 10.2. The molecule has 0 spiro atoms. The number of pyridine rings is 1. The maximum atomic E-state index is 12.3. The number of hydrogen-bond acceptors (Lipinski definition) is 5. The first-order chi connectivity index (χ1) is 12.7. The third kappa shape index (κ3) is 3.28. The predicted molar refractivity (Wildman–Crippen MR) is 103 cm³/mol. The molecule has 10 heteroatoms. The molecular weight excluding hydrogens is 372 g/mol. The van der Waals surface area contributed by atoms with Gasteiger partial charge in [0.15, 0.2) is 0 Å². The monoisotopic (exact) mass is 388 g/mol. The summed E-state index contributed by atoms with van der Waals surface area (Å²) in [6.07, 6.45) is 4.27. The van der Waals surface area contributed by atoms with Gasteiger partial charge in [0.1, 0.15) is 10.8 Å². The fourth-order valence-electron chi connectivity index (χ4n) is 2.71. The maximum Gasteiger partial charge on any atom is 0.332 e. The van der Waals surface area contributed by atoms with Crippen LogP contribution in [-0.4, -0.2) is 29.8 Å². The van der Waals surface area contributed by atoms with Gasteiger partial charge in [-0.1, -0.05) is 11.6 Å². The van der Waals surface area contributed by atoms with Gasteiger partial charge in [0.2, 0.25) is 5.91 Å². The van der Waals surface area contributed by atoms with Crippen LogP contribution in [0.5, 0.6) is 0 Å². The Bertz CT molecular complexity index is 1220. The minimum Gasteiger partial charge on any atom is -0.321 e. The highest BCUT2D eigenvalue weighted by Crippen LogP contribution is 2.20. The quantitative estimate of drug-likeness (QED) is 0.673. The SMILES string of the molecule is Cc1nn(C)c(Cl)c1/C=C/C(=O)Nc1cnc2c(c1)c(=O)n(C)c(=O)n2C. The molecule has 0 aliphatic heterocycles. The van der Waals surface area contributed by atoms with Crippen molar-refractivity contribution in [2.45, 2.75) is 6.92 Å². The van der Waals surface area contributed by atoms with Crippen LogP contribution < -0.4 is 16.6 Å². The minimum atomic E-state index is -0.481. The van der Waals surface area contributed by atoms with E-state index in [1.807, 2.05) is 0 Å². The summed E-state index contributed by atoms with van der Waals surface area (Å²) in [4.78, 5) is 40.5. The molecule has 0 unspecified atom stereocenters. The van der Waals surface area contributed by atoms with Gasteiger partial charge in [0.25, 0.3) is 5.56 Å². The number of anilines is 1. The maximum absolute atomic E-state index is 12.3. The third-order valence-corrected chi connectivity index (χ3v) is 4.61. The smallest absolute Gasteiger partial charge is 0.321 e. The number of hydrogen-bond donors (Lipinski definition) is 1. The van der Waals surface area contributed by atoms with E-state index < -0.39 is 17.2 Å². The van der Waals surface area contributed by atoms with Gasteiger partial charge >= 0.3 is 5.69 Å². The average Bonchev–Trinajstić information content (AvgIpc) is 2.88. The van der Waals surface area contributed by atoms with Gasteiger partial charge in [0, 0.05) is 32.8 Å². The number of rotatable bonds is 3. The molecule has 3 rings (SSSR count). The molecule has 0 saturated carbocycles. The number of carbonyl (C=O) groups excluding carboxylic acids is 1. The number of aryl methyl sites for hydroxylation is 3. The molecule has 3 heterocycles. The molecule has 9 nitrogen and oxygen atoms in total. The Morgan fingerprint density at radius 2 is 1.93 bits per heavy atom. The number of amides is 1. The molecule has 0 aliphatic carbocycles. The second-order valence-corrected chi connectivity index (χ2v) is 6.40. The van der Waals surface area contributed by atoms with E-state index in [4.69, 9.17) is 11.6 Å². The summed E-state index contributed by atoms with van der Waals surface area (Å²) in [6, 6.07) is 1.48. The van der Waals surface area contributed by atoms with E-state index in [0.29, 0.717) is 22.1 Å². The molecule has 1 amide bonds. The zero-order valence-electron chi connectivity index (χ0n) is 15.1. The molecule has 140 valence electrons. The summed E-state index contributed by atoms with van der Waals surface area (Å²) < 4.78 is 3.78. The van der Waals surface area contributed by atoms with E-state index in [1.165, 1.54) is 41.7 Å². The van der Waals surface area contributed by atoms with Crippen LogP contribution in [-0.2, 0) is 25.9 Å². The first-order valence-corrected chi connectivity index (χ1v) is 8.32. The molecule has 0 aliphatic rings. The van der Waals surface area contributed by atoms with Crippen molar-refractivity contribution in [3.8, 4) is 0 Å². The van der Waals surface area contributed by atoms with Gasteiger partial charge in [-0.05, 0) is 19.1 Å². The molecule has 0 atom stereocenters. The first kappa shape index (κ1) is 18.6. The fraction of sp³-hybridized carbons (Fsp3) is 0.235. The van der Waals surface area contributed by atoms with Crippen LogP contribution in [0.3, 0.4) is 0 Å². The largest absolute Gasteiger partial charge is 0.332 e. The van der Waals surface area contributed by atoms with Crippen molar-refractivity contribution in [3.63, 3.8) is 0 Å². The Morgan fingerprint density at radius 1 is 1.22 bits per heavy atom. The summed E-state index contributed by atoms with van der Waals surface area (Å²) in [6.45, 7) is 1.79. The van der Waals surface area contributed by atoms with Gasteiger partial charge in [-0.15, -0.1) is 0 Å². The Balaban J connectivity index is 1.90. The standard InChI is InChI=1S/C17H17ClN6O3/c1-9-11(14(18)24(4)21-9)5-6-13(25)20-10-7-12-15(19-8-10)22(2)17(27)23(3)16(12)26/h5-8H,1-4H3,(H,20,25)/b6-5+. The molecular formula is C17H17ClN6O3. The van der Waals surface area contributed by atoms with E-state index in [2.05, 4.69) is 15.4 Å². The van der Waals surface area contributed by atoms with E-state index >= 15 is 0 Å². The Morgan fingerprint density at radius 3 is 2.56 bits per heavy atom. The van der Waals surface area contributed by atoms with Crippen LogP contribution >= 0.6 is 11.6 Å². The lowest BCUT2D eigenvalue weighted by molar-refractivity contribution is -0.111.